The van der Waals surface area contributed by atoms with Gasteiger partial charge in [0.1, 0.15) is 48.8 Å². The molecular weight excluding hydrogens is 552 g/mol. The van der Waals surface area contributed by atoms with Crippen LogP contribution in [-0.2, 0) is 24.4 Å². The fourth-order valence-corrected chi connectivity index (χ4v) is 6.12. The predicted molar refractivity (Wildman–Crippen MR) is 150 cm³/mol. The summed E-state index contributed by atoms with van der Waals surface area (Å²) >= 11 is 0. The van der Waals surface area contributed by atoms with Crippen molar-refractivity contribution in [3.05, 3.63) is 35.9 Å². The van der Waals surface area contributed by atoms with Gasteiger partial charge in [-0.05, 0) is 36.7 Å². The highest BCUT2D eigenvalue weighted by molar-refractivity contribution is 5.25. The Kier molecular flexibility index (Phi) is 14.0. The van der Waals surface area contributed by atoms with Gasteiger partial charge in [0.05, 0.1) is 26.4 Å². The van der Waals surface area contributed by atoms with Crippen LogP contribution in [0.1, 0.15) is 57.9 Å². The summed E-state index contributed by atoms with van der Waals surface area (Å²) in [5, 5.41) is 80.6. The first-order valence-corrected chi connectivity index (χ1v) is 15.0. The van der Waals surface area contributed by atoms with Crippen LogP contribution in [-0.4, -0.2) is 129 Å². The molecule has 2 heterocycles. The Hall–Kier alpha value is -1.26. The van der Waals surface area contributed by atoms with Crippen molar-refractivity contribution in [1.29, 1.82) is 0 Å². The quantitative estimate of drug-likeness (QED) is 0.121. The number of hydrogen-bond acceptors (Lipinski definition) is 12. The molecule has 42 heavy (non-hydrogen) atoms. The van der Waals surface area contributed by atoms with E-state index in [1.54, 1.807) is 0 Å². The van der Waals surface area contributed by atoms with Crippen LogP contribution < -0.4 is 0 Å². The molecule has 12 heteroatoms. The van der Waals surface area contributed by atoms with Gasteiger partial charge >= 0.3 is 0 Å². The van der Waals surface area contributed by atoms with E-state index in [1.165, 1.54) is 5.56 Å². The third-order valence-electron chi connectivity index (χ3n) is 8.56. The molecule has 1 aromatic carbocycles. The molecule has 3 rings (SSSR count). The van der Waals surface area contributed by atoms with Gasteiger partial charge in [-0.25, -0.2) is 0 Å². The Bertz CT molecular complexity index is 840. The second-order valence-electron chi connectivity index (χ2n) is 11.6. The van der Waals surface area contributed by atoms with Crippen LogP contribution >= 0.6 is 0 Å². The first-order valence-electron chi connectivity index (χ1n) is 15.0. The van der Waals surface area contributed by atoms with Crippen molar-refractivity contribution in [3.8, 4) is 0 Å². The van der Waals surface area contributed by atoms with Gasteiger partial charge in [0.15, 0.2) is 12.6 Å². The van der Waals surface area contributed by atoms with Gasteiger partial charge in [-0.15, -0.1) is 0 Å². The standard InChI is InChI=1S/C30H50O12/c1-3-11-30(12-4-2,19-8-6-5-7-9-19)13-10-18(16-39-28-26(37)24(35)22(33)20(14-31)41-28)17-40-29-27(38)25(36)23(34)21(15-32)42-29/h5-9,18,20-29,31-38H,3-4,10-17H2,1-2H3/t20-,21-,22-,23-,24+,25+,26-,27-,28-,29-/m0/s1. The van der Waals surface area contributed by atoms with Gasteiger partial charge in [0, 0.05) is 5.92 Å². The molecule has 10 atom stereocenters. The molecule has 0 unspecified atom stereocenters. The topological polar surface area (TPSA) is 199 Å². The third kappa shape index (κ3) is 8.46. The van der Waals surface area contributed by atoms with Crippen LogP contribution in [0.2, 0.25) is 0 Å². The summed E-state index contributed by atoms with van der Waals surface area (Å²) in [6.07, 6.45) is -8.94. The molecule has 12 nitrogen and oxygen atoms in total. The number of aliphatic hydroxyl groups is 8. The molecule has 242 valence electrons. The predicted octanol–water partition coefficient (Wildman–Crippen LogP) is -0.446. The highest BCUT2D eigenvalue weighted by atomic mass is 16.7. The van der Waals surface area contributed by atoms with E-state index in [4.69, 9.17) is 18.9 Å². The van der Waals surface area contributed by atoms with Gasteiger partial charge in [-0.2, -0.15) is 0 Å². The molecule has 0 spiro atoms. The molecule has 2 aliphatic heterocycles. The fourth-order valence-electron chi connectivity index (χ4n) is 6.12. The number of ether oxygens (including phenoxy) is 4. The largest absolute Gasteiger partial charge is 0.394 e. The van der Waals surface area contributed by atoms with E-state index in [0.717, 1.165) is 32.1 Å². The average molecular weight is 603 g/mol. The number of hydrogen-bond donors (Lipinski definition) is 8. The van der Waals surface area contributed by atoms with Crippen LogP contribution in [0, 0.1) is 5.92 Å². The van der Waals surface area contributed by atoms with Gasteiger partial charge in [0.25, 0.3) is 0 Å². The highest BCUT2D eigenvalue weighted by Gasteiger charge is 2.46. The molecule has 0 radical (unpaired) electrons. The summed E-state index contributed by atoms with van der Waals surface area (Å²) in [6, 6.07) is 10.3. The second-order valence-corrected chi connectivity index (χ2v) is 11.6. The zero-order chi connectivity index (χ0) is 30.9. The molecule has 0 bridgehead atoms. The van der Waals surface area contributed by atoms with Crippen molar-refractivity contribution in [3.63, 3.8) is 0 Å². The second kappa shape index (κ2) is 16.7. The zero-order valence-corrected chi connectivity index (χ0v) is 24.5. The van der Waals surface area contributed by atoms with Crippen molar-refractivity contribution in [2.24, 2.45) is 5.92 Å². The smallest absolute Gasteiger partial charge is 0.186 e. The molecule has 0 amide bonds. The highest BCUT2D eigenvalue weighted by Crippen LogP contribution is 2.40. The number of benzene rings is 1. The Morgan fingerprint density at radius 2 is 1.12 bits per heavy atom. The van der Waals surface area contributed by atoms with Crippen molar-refractivity contribution in [2.45, 2.75) is 119 Å². The molecule has 8 N–H and O–H groups in total. The normalized spacial score (nSPS) is 34.2. The van der Waals surface area contributed by atoms with E-state index >= 15 is 0 Å². The average Bonchev–Trinajstić information content (AvgIpc) is 3.00. The van der Waals surface area contributed by atoms with E-state index in [2.05, 4.69) is 26.0 Å². The van der Waals surface area contributed by atoms with Crippen LogP contribution in [0.5, 0.6) is 0 Å². The van der Waals surface area contributed by atoms with E-state index in [-0.39, 0.29) is 24.5 Å². The first-order chi connectivity index (χ1) is 20.1. The third-order valence-corrected chi connectivity index (χ3v) is 8.56. The molecule has 2 fully saturated rings. The number of rotatable bonds is 16. The van der Waals surface area contributed by atoms with Gasteiger partial charge in [-0.3, -0.25) is 0 Å². The molecule has 0 aliphatic carbocycles. The lowest BCUT2D eigenvalue weighted by molar-refractivity contribution is -0.312. The summed E-state index contributed by atoms with van der Waals surface area (Å²) in [5.74, 6) is -0.346. The molecular formula is C30H50O12. The Labute approximate surface area is 247 Å². The minimum absolute atomic E-state index is 0.0107. The van der Waals surface area contributed by atoms with Crippen molar-refractivity contribution in [1.82, 2.24) is 0 Å². The van der Waals surface area contributed by atoms with Crippen LogP contribution in [0.3, 0.4) is 0 Å². The maximum absolute atomic E-state index is 10.5. The maximum atomic E-state index is 10.5. The van der Waals surface area contributed by atoms with Crippen LogP contribution in [0.25, 0.3) is 0 Å². The van der Waals surface area contributed by atoms with E-state index in [1.807, 2.05) is 18.2 Å². The molecule has 0 saturated carbocycles. The lowest BCUT2D eigenvalue weighted by Crippen LogP contribution is -2.59. The van der Waals surface area contributed by atoms with E-state index < -0.39 is 74.6 Å². The van der Waals surface area contributed by atoms with E-state index in [0.29, 0.717) is 6.42 Å². The summed E-state index contributed by atoms with van der Waals surface area (Å²) in [5.41, 5.74) is 1.12. The maximum Gasteiger partial charge on any atom is 0.186 e. The van der Waals surface area contributed by atoms with E-state index in [9.17, 15) is 40.9 Å². The summed E-state index contributed by atoms with van der Waals surface area (Å²) in [6.45, 7) is 3.11. The SMILES string of the molecule is CCCC(CCC)(CCC(CO[C@H]1O[C@@H](CO)[C@H](O)[C@@H](O)[C@@H]1O)CO[C@H]1O[C@@H](CO)[C@H](O)[C@@H](O)[C@@H]1O)c1ccccc1. The van der Waals surface area contributed by atoms with Gasteiger partial charge in [-0.1, -0.05) is 57.0 Å². The molecule has 2 aliphatic rings. The van der Waals surface area contributed by atoms with Gasteiger partial charge in [0.2, 0.25) is 0 Å². The van der Waals surface area contributed by atoms with Crippen LogP contribution in [0.4, 0.5) is 0 Å². The monoisotopic (exact) mass is 602 g/mol. The summed E-state index contributed by atoms with van der Waals surface area (Å²) in [7, 11) is 0. The molecule has 2 saturated heterocycles. The first kappa shape index (κ1) is 35.2. The van der Waals surface area contributed by atoms with Crippen LogP contribution in [0.15, 0.2) is 30.3 Å². The number of aliphatic hydroxyl groups excluding tert-OH is 8. The minimum atomic E-state index is -1.58. The van der Waals surface area contributed by atoms with Crippen molar-refractivity contribution < 1.29 is 59.8 Å². The lowest BCUT2D eigenvalue weighted by Gasteiger charge is -2.41. The minimum Gasteiger partial charge on any atom is -0.394 e. The molecule has 1 aromatic rings. The lowest BCUT2D eigenvalue weighted by atomic mass is 9.69. The van der Waals surface area contributed by atoms with Gasteiger partial charge < -0.3 is 59.8 Å². The fraction of sp³-hybridized carbons (Fsp3) is 0.800. The van der Waals surface area contributed by atoms with Crippen molar-refractivity contribution in [2.75, 3.05) is 26.4 Å². The van der Waals surface area contributed by atoms with Crippen molar-refractivity contribution >= 4 is 0 Å². The summed E-state index contributed by atoms with van der Waals surface area (Å²) < 4.78 is 22.8. The summed E-state index contributed by atoms with van der Waals surface area (Å²) in [4.78, 5) is 0. The molecule has 0 aromatic heterocycles. The Balaban J connectivity index is 1.78. The Morgan fingerprint density at radius 1 is 0.667 bits per heavy atom. The Morgan fingerprint density at radius 3 is 1.52 bits per heavy atom. The zero-order valence-electron chi connectivity index (χ0n) is 24.5.